The summed E-state index contributed by atoms with van der Waals surface area (Å²) in [5.41, 5.74) is 5.96. The molecule has 0 unspecified atom stereocenters. The summed E-state index contributed by atoms with van der Waals surface area (Å²) in [6.45, 7) is 3.68. The molecule has 0 atom stereocenters. The SMILES string of the molecule is C/C(=N\NC(=S)NCCN(C)C)c1c[nH]c2ccccc12. The molecule has 0 bridgehead atoms. The Morgan fingerprint density at radius 1 is 1.33 bits per heavy atom. The zero-order chi connectivity index (χ0) is 15.2. The number of thiocarbonyl (C=S) groups is 1. The maximum absolute atomic E-state index is 5.19. The molecule has 6 heteroatoms. The average molecular weight is 303 g/mol. The van der Waals surface area contributed by atoms with Gasteiger partial charge >= 0.3 is 0 Å². The van der Waals surface area contributed by atoms with Crippen LogP contribution in [0.5, 0.6) is 0 Å². The van der Waals surface area contributed by atoms with E-state index in [0.717, 1.165) is 35.3 Å². The normalized spacial score (nSPS) is 11.9. The Balaban J connectivity index is 1.96. The van der Waals surface area contributed by atoms with E-state index in [1.807, 2.05) is 45.4 Å². The van der Waals surface area contributed by atoms with Crippen molar-refractivity contribution >= 4 is 33.9 Å². The molecule has 1 heterocycles. The molecule has 1 aromatic carbocycles. The number of rotatable bonds is 5. The highest BCUT2D eigenvalue weighted by atomic mass is 32.1. The number of likely N-dealkylation sites (N-methyl/N-ethyl adjacent to an activating group) is 1. The Labute approximate surface area is 130 Å². The lowest BCUT2D eigenvalue weighted by Crippen LogP contribution is -2.36. The highest BCUT2D eigenvalue weighted by Crippen LogP contribution is 2.18. The van der Waals surface area contributed by atoms with E-state index in [1.165, 1.54) is 0 Å². The summed E-state index contributed by atoms with van der Waals surface area (Å²) in [6.07, 6.45) is 1.97. The molecule has 0 radical (unpaired) electrons. The molecule has 3 N–H and O–H groups in total. The summed E-state index contributed by atoms with van der Waals surface area (Å²) in [5.74, 6) is 0. The fourth-order valence-corrected chi connectivity index (χ4v) is 2.15. The van der Waals surface area contributed by atoms with E-state index >= 15 is 0 Å². The monoisotopic (exact) mass is 303 g/mol. The van der Waals surface area contributed by atoms with E-state index in [0.29, 0.717) is 5.11 Å². The molecule has 0 saturated heterocycles. The molecular formula is C15H21N5S. The third-order valence-corrected chi connectivity index (χ3v) is 3.38. The minimum atomic E-state index is 0.538. The second-order valence-corrected chi connectivity index (χ2v) is 5.52. The molecule has 112 valence electrons. The van der Waals surface area contributed by atoms with Gasteiger partial charge in [0.05, 0.1) is 5.71 Å². The number of aromatic nitrogens is 1. The summed E-state index contributed by atoms with van der Waals surface area (Å²) in [4.78, 5) is 5.33. The van der Waals surface area contributed by atoms with Gasteiger partial charge in [0.15, 0.2) is 5.11 Å². The molecule has 21 heavy (non-hydrogen) atoms. The van der Waals surface area contributed by atoms with Crippen LogP contribution in [0.25, 0.3) is 10.9 Å². The van der Waals surface area contributed by atoms with E-state index in [2.05, 4.69) is 31.8 Å². The van der Waals surface area contributed by atoms with Crippen molar-refractivity contribution in [1.82, 2.24) is 20.6 Å². The minimum Gasteiger partial charge on any atom is -0.360 e. The molecule has 5 nitrogen and oxygen atoms in total. The molecule has 1 aromatic heterocycles. The minimum absolute atomic E-state index is 0.538. The molecule has 2 rings (SSSR count). The molecule has 0 aliphatic heterocycles. The standard InChI is InChI=1S/C15H21N5S/c1-11(18-19-15(21)16-8-9-20(2)3)13-10-17-14-7-5-4-6-12(13)14/h4-7,10,17H,8-9H2,1-3H3,(H2,16,19,21)/b18-11+. The maximum Gasteiger partial charge on any atom is 0.187 e. The molecule has 0 aliphatic carbocycles. The highest BCUT2D eigenvalue weighted by Gasteiger charge is 2.05. The number of aromatic amines is 1. The topological polar surface area (TPSA) is 55.5 Å². The average Bonchev–Trinajstić information content (AvgIpc) is 2.88. The van der Waals surface area contributed by atoms with Crippen LogP contribution in [-0.4, -0.2) is 47.9 Å². The summed E-state index contributed by atoms with van der Waals surface area (Å²) in [7, 11) is 4.05. The van der Waals surface area contributed by atoms with Gasteiger partial charge in [-0.05, 0) is 39.3 Å². The van der Waals surface area contributed by atoms with Crippen LogP contribution in [0.3, 0.4) is 0 Å². The number of fused-ring (bicyclic) bond motifs is 1. The van der Waals surface area contributed by atoms with Crippen molar-refractivity contribution in [1.29, 1.82) is 0 Å². The lowest BCUT2D eigenvalue weighted by atomic mass is 10.1. The van der Waals surface area contributed by atoms with E-state index in [1.54, 1.807) is 0 Å². The van der Waals surface area contributed by atoms with Crippen LogP contribution in [0.4, 0.5) is 0 Å². The Hall–Kier alpha value is -1.92. The molecule has 0 saturated carbocycles. The van der Waals surface area contributed by atoms with Crippen molar-refractivity contribution in [3.8, 4) is 0 Å². The number of nitrogens with zero attached hydrogens (tertiary/aromatic N) is 2. The quantitative estimate of drug-likeness (QED) is 0.449. The number of benzene rings is 1. The molecule has 0 spiro atoms. The summed E-state index contributed by atoms with van der Waals surface area (Å²) in [5, 5.41) is 9.16. The Bertz CT molecular complexity index is 644. The number of hydrazone groups is 1. The predicted octanol–water partition coefficient (Wildman–Crippen LogP) is 1.92. The van der Waals surface area contributed by atoms with Gasteiger partial charge in [-0.3, -0.25) is 5.43 Å². The third-order valence-electron chi connectivity index (χ3n) is 3.15. The van der Waals surface area contributed by atoms with Gasteiger partial charge in [0.2, 0.25) is 0 Å². The first kappa shape index (κ1) is 15.5. The number of nitrogens with one attached hydrogen (secondary N) is 3. The van der Waals surface area contributed by atoms with Gasteiger partial charge < -0.3 is 15.2 Å². The number of hydrogen-bond acceptors (Lipinski definition) is 3. The first-order valence-electron chi connectivity index (χ1n) is 6.87. The third kappa shape index (κ3) is 4.27. The second-order valence-electron chi connectivity index (χ2n) is 5.12. The van der Waals surface area contributed by atoms with Gasteiger partial charge in [0.25, 0.3) is 0 Å². The van der Waals surface area contributed by atoms with E-state index < -0.39 is 0 Å². The Morgan fingerprint density at radius 3 is 2.86 bits per heavy atom. The predicted molar refractivity (Wildman–Crippen MR) is 92.8 cm³/mol. The van der Waals surface area contributed by atoms with E-state index in [9.17, 15) is 0 Å². The lowest BCUT2D eigenvalue weighted by molar-refractivity contribution is 0.412. The summed E-state index contributed by atoms with van der Waals surface area (Å²) in [6, 6.07) is 8.16. The molecule has 0 aliphatic rings. The number of para-hydroxylation sites is 1. The van der Waals surface area contributed by atoms with Gasteiger partial charge in [-0.15, -0.1) is 0 Å². The van der Waals surface area contributed by atoms with Gasteiger partial charge in [-0.25, -0.2) is 0 Å². The fourth-order valence-electron chi connectivity index (χ4n) is 2.00. The molecule has 0 fully saturated rings. The Morgan fingerprint density at radius 2 is 2.10 bits per heavy atom. The molecule has 2 aromatic rings. The maximum atomic E-state index is 5.19. The van der Waals surface area contributed by atoms with Crippen LogP contribution in [0, 0.1) is 0 Å². The smallest absolute Gasteiger partial charge is 0.187 e. The summed E-state index contributed by atoms with van der Waals surface area (Å²) >= 11 is 5.19. The van der Waals surface area contributed by atoms with Crippen molar-refractivity contribution in [2.75, 3.05) is 27.2 Å². The zero-order valence-corrected chi connectivity index (χ0v) is 13.4. The molecule has 0 amide bonds. The first-order valence-corrected chi connectivity index (χ1v) is 7.28. The van der Waals surface area contributed by atoms with Crippen molar-refractivity contribution in [2.24, 2.45) is 5.10 Å². The lowest BCUT2D eigenvalue weighted by Gasteiger charge is -2.11. The first-order chi connectivity index (χ1) is 10.1. The molecular weight excluding hydrogens is 282 g/mol. The van der Waals surface area contributed by atoms with E-state index in [4.69, 9.17) is 12.2 Å². The zero-order valence-electron chi connectivity index (χ0n) is 12.6. The number of H-pyrrole nitrogens is 1. The van der Waals surface area contributed by atoms with Gasteiger partial charge in [0.1, 0.15) is 0 Å². The van der Waals surface area contributed by atoms with Gasteiger partial charge in [-0.1, -0.05) is 18.2 Å². The Kier molecular flexibility index (Phi) is 5.30. The van der Waals surface area contributed by atoms with Gasteiger partial charge in [-0.2, -0.15) is 5.10 Å². The van der Waals surface area contributed by atoms with Crippen LogP contribution in [-0.2, 0) is 0 Å². The van der Waals surface area contributed by atoms with Crippen molar-refractivity contribution in [3.63, 3.8) is 0 Å². The largest absolute Gasteiger partial charge is 0.360 e. The van der Waals surface area contributed by atoms with Crippen LogP contribution >= 0.6 is 12.2 Å². The number of hydrogen-bond donors (Lipinski definition) is 3. The van der Waals surface area contributed by atoms with Crippen molar-refractivity contribution in [2.45, 2.75) is 6.92 Å². The van der Waals surface area contributed by atoms with Crippen molar-refractivity contribution in [3.05, 3.63) is 36.0 Å². The van der Waals surface area contributed by atoms with Crippen LogP contribution < -0.4 is 10.7 Å². The van der Waals surface area contributed by atoms with Crippen molar-refractivity contribution < 1.29 is 0 Å². The fraction of sp³-hybridized carbons (Fsp3) is 0.333. The highest BCUT2D eigenvalue weighted by molar-refractivity contribution is 7.80. The van der Waals surface area contributed by atoms with Crippen LogP contribution in [0.15, 0.2) is 35.6 Å². The van der Waals surface area contributed by atoms with Crippen LogP contribution in [0.2, 0.25) is 0 Å². The van der Waals surface area contributed by atoms with Gasteiger partial charge in [0, 0.05) is 35.8 Å². The second kappa shape index (κ2) is 7.19. The van der Waals surface area contributed by atoms with Crippen LogP contribution in [0.1, 0.15) is 12.5 Å². The summed E-state index contributed by atoms with van der Waals surface area (Å²) < 4.78 is 0. The van der Waals surface area contributed by atoms with E-state index in [-0.39, 0.29) is 0 Å².